The number of benzene rings is 7. The highest BCUT2D eigenvalue weighted by molar-refractivity contribution is 6.16. The smallest absolute Gasteiger partial charge is 0.160 e. The Balaban J connectivity index is 1.07. The molecule has 1 N–H and O–H groups in total. The molecule has 0 fully saturated rings. The van der Waals surface area contributed by atoms with Gasteiger partial charge in [-0.15, -0.1) is 13.2 Å². The van der Waals surface area contributed by atoms with Crippen molar-refractivity contribution in [3.63, 3.8) is 0 Å². The maximum atomic E-state index is 5.30. The molecule has 0 radical (unpaired) electrons. The molecule has 0 amide bonds. The normalized spacial score (nSPS) is 15.1. The van der Waals surface area contributed by atoms with Crippen LogP contribution < -0.4 is 5.32 Å². The molecule has 2 unspecified atom stereocenters. The van der Waals surface area contributed by atoms with Gasteiger partial charge in [0.05, 0.1) is 38.8 Å². The lowest BCUT2D eigenvalue weighted by Gasteiger charge is -2.27. The number of allylic oxidation sites excluding steroid dienone is 6. The molecule has 1 aliphatic heterocycles. The van der Waals surface area contributed by atoms with Crippen LogP contribution in [0.15, 0.2) is 248 Å². The molecule has 0 saturated carbocycles. The zero-order valence-electron chi connectivity index (χ0n) is 41.2. The zero-order chi connectivity index (χ0) is 50.0. The fourth-order valence-electron chi connectivity index (χ4n) is 11.7. The number of para-hydroxylation sites is 4. The van der Waals surface area contributed by atoms with Gasteiger partial charge in [-0.05, 0) is 121 Å². The highest BCUT2D eigenvalue weighted by Gasteiger charge is 2.28. The van der Waals surface area contributed by atoms with Crippen molar-refractivity contribution in [2.24, 2.45) is 9.98 Å². The molecule has 8 heteroatoms. The molecule has 358 valence electrons. The van der Waals surface area contributed by atoms with Gasteiger partial charge in [-0.2, -0.15) is 0 Å². The monoisotopic (exact) mass is 966 g/mol. The third-order valence-electron chi connectivity index (χ3n) is 15.1. The third kappa shape index (κ3) is 7.28. The molecular formula is C67H50N8. The number of nitrogens with zero attached hydrogens (tertiary/aromatic N) is 7. The Morgan fingerprint density at radius 3 is 1.65 bits per heavy atom. The van der Waals surface area contributed by atoms with E-state index in [1.54, 1.807) is 12.4 Å². The van der Waals surface area contributed by atoms with Crippen molar-refractivity contribution in [3.8, 4) is 17.1 Å². The van der Waals surface area contributed by atoms with Gasteiger partial charge in [-0.25, -0.2) is 9.98 Å². The van der Waals surface area contributed by atoms with Gasteiger partial charge in [-0.1, -0.05) is 109 Å². The van der Waals surface area contributed by atoms with Crippen LogP contribution in [-0.2, 0) is 0 Å². The van der Waals surface area contributed by atoms with Crippen LogP contribution in [-0.4, -0.2) is 35.3 Å². The minimum atomic E-state index is -0.435. The van der Waals surface area contributed by atoms with E-state index < -0.39 is 6.17 Å². The molecule has 0 bridgehead atoms. The summed E-state index contributed by atoms with van der Waals surface area (Å²) in [7, 11) is 0. The molecule has 2 atom stereocenters. The Bertz CT molecular complexity index is 4130. The average Bonchev–Trinajstić information content (AvgIpc) is 4.12. The Kier molecular flexibility index (Phi) is 10.7. The van der Waals surface area contributed by atoms with Crippen LogP contribution in [0.4, 0.5) is 0 Å². The Morgan fingerprint density at radius 1 is 0.560 bits per heavy atom. The summed E-state index contributed by atoms with van der Waals surface area (Å²) in [6, 6.07) is 61.6. The molecule has 5 aromatic heterocycles. The van der Waals surface area contributed by atoms with Gasteiger partial charge in [0.1, 0.15) is 12.0 Å². The first kappa shape index (κ1) is 44.1. The first-order valence-corrected chi connectivity index (χ1v) is 25.7. The number of nitrogens with one attached hydrogen (secondary N) is 1. The Labute approximate surface area is 434 Å². The highest BCUT2D eigenvalue weighted by Crippen LogP contribution is 2.44. The van der Waals surface area contributed by atoms with Crippen molar-refractivity contribution in [1.82, 2.24) is 29.0 Å². The summed E-state index contributed by atoms with van der Waals surface area (Å²) in [5, 5.41) is 11.0. The van der Waals surface area contributed by atoms with Gasteiger partial charge in [-0.3, -0.25) is 9.97 Å². The van der Waals surface area contributed by atoms with Crippen molar-refractivity contribution >= 4 is 82.7 Å². The molecule has 75 heavy (non-hydrogen) atoms. The summed E-state index contributed by atoms with van der Waals surface area (Å²) < 4.78 is 7.36. The van der Waals surface area contributed by atoms with Gasteiger partial charge in [0, 0.05) is 96.7 Å². The minimum absolute atomic E-state index is 0.101. The molecule has 6 heterocycles. The molecule has 0 spiro atoms. The topological polar surface area (TPSA) is 77.3 Å². The summed E-state index contributed by atoms with van der Waals surface area (Å²) in [5.41, 5.74) is 16.2. The molecule has 12 aromatic rings. The van der Waals surface area contributed by atoms with Crippen LogP contribution in [0.25, 0.3) is 88.1 Å². The minimum Gasteiger partial charge on any atom is -0.344 e. The van der Waals surface area contributed by atoms with E-state index in [4.69, 9.17) is 9.98 Å². The van der Waals surface area contributed by atoms with Gasteiger partial charge in [0.15, 0.2) is 5.84 Å². The number of aliphatic imine (C=N–C) groups is 2. The first-order valence-electron chi connectivity index (χ1n) is 25.7. The van der Waals surface area contributed by atoms with Crippen molar-refractivity contribution in [2.45, 2.75) is 31.3 Å². The molecule has 2 aliphatic rings. The number of hydrogen-bond donors (Lipinski definition) is 1. The molecule has 0 saturated heterocycles. The number of pyridine rings is 2. The predicted octanol–water partition coefficient (Wildman–Crippen LogP) is 15.8. The SMILES string of the molecule is C=CCC(C=C)c1cc(C2=NC(c3cccnc3)=NC(c3cccnc3)N2)cc(C2=CCCC=C2)c1-n1c2ccc(-n3c4ccccc4c4ccccc43)cc2c2cc(-n3c4ccccc4c4ccccc43)ccc21. The van der Waals surface area contributed by atoms with Gasteiger partial charge in [0.25, 0.3) is 0 Å². The van der Waals surface area contributed by atoms with Gasteiger partial charge >= 0.3 is 0 Å². The third-order valence-corrected chi connectivity index (χ3v) is 15.1. The highest BCUT2D eigenvalue weighted by atomic mass is 15.2. The number of hydrogen-bond acceptors (Lipinski definition) is 5. The second-order valence-electron chi connectivity index (χ2n) is 19.4. The van der Waals surface area contributed by atoms with E-state index in [2.05, 4.69) is 218 Å². The van der Waals surface area contributed by atoms with Crippen molar-refractivity contribution in [3.05, 3.63) is 266 Å². The first-order chi connectivity index (χ1) is 37.1. The van der Waals surface area contributed by atoms with E-state index in [-0.39, 0.29) is 5.92 Å². The maximum absolute atomic E-state index is 5.30. The van der Waals surface area contributed by atoms with Crippen LogP contribution in [0.5, 0.6) is 0 Å². The Hall–Kier alpha value is -9.66. The molecule has 7 aromatic carbocycles. The van der Waals surface area contributed by atoms with Gasteiger partial charge in [0.2, 0.25) is 0 Å². The second-order valence-corrected chi connectivity index (χ2v) is 19.4. The van der Waals surface area contributed by atoms with Crippen molar-refractivity contribution < 1.29 is 0 Å². The largest absolute Gasteiger partial charge is 0.344 e. The van der Waals surface area contributed by atoms with E-state index in [9.17, 15) is 0 Å². The second kappa shape index (κ2) is 18.1. The van der Waals surface area contributed by atoms with E-state index >= 15 is 0 Å². The molecule has 8 nitrogen and oxygen atoms in total. The van der Waals surface area contributed by atoms with E-state index in [0.717, 1.165) is 85.1 Å². The lowest BCUT2D eigenvalue weighted by atomic mass is 9.86. The van der Waals surface area contributed by atoms with E-state index in [0.29, 0.717) is 18.1 Å². The molecule has 14 rings (SSSR count). The summed E-state index contributed by atoms with van der Waals surface area (Å²) in [6.07, 6.45) is 20.5. The van der Waals surface area contributed by atoms with Crippen molar-refractivity contribution in [2.75, 3.05) is 0 Å². The number of aromatic nitrogens is 5. The standard InChI is InChI=1S/C67H50N8/c1-3-18-43(4-2)54-37-47(67-71-65(45-21-16-35-68-41-45)70-66(72-67)46-22-17-36-69-42-46)38-55(44-19-6-5-7-20-44)64(54)75-62-33-31-48(73-58-27-12-8-23-50(58)51-24-9-13-28-59(51)73)39-56(62)57-40-49(32-34-63(57)75)74-60-29-14-10-25-52(60)53-26-11-15-30-61(53)74/h3-4,6,8-17,19-43,65H,1-2,5,7,18H2,(H,70,71,72). The maximum Gasteiger partial charge on any atom is 0.160 e. The predicted molar refractivity (Wildman–Crippen MR) is 311 cm³/mol. The lowest BCUT2D eigenvalue weighted by molar-refractivity contribution is 0.671. The molecular weight excluding hydrogens is 917 g/mol. The number of rotatable bonds is 11. The Morgan fingerprint density at radius 2 is 1.13 bits per heavy atom. The quantitative estimate of drug-likeness (QED) is 0.131. The van der Waals surface area contributed by atoms with Crippen LogP contribution in [0, 0.1) is 0 Å². The fraction of sp³-hybridized carbons (Fsp3) is 0.0746. The lowest BCUT2D eigenvalue weighted by Crippen LogP contribution is -2.34. The fourth-order valence-corrected chi connectivity index (χ4v) is 11.7. The van der Waals surface area contributed by atoms with Crippen molar-refractivity contribution in [1.29, 1.82) is 0 Å². The van der Waals surface area contributed by atoms with Crippen LogP contribution >= 0.6 is 0 Å². The number of amidine groups is 2. The summed E-state index contributed by atoms with van der Waals surface area (Å²) in [4.78, 5) is 19.4. The zero-order valence-corrected chi connectivity index (χ0v) is 41.2. The average molecular weight is 967 g/mol. The van der Waals surface area contributed by atoms with Gasteiger partial charge < -0.3 is 19.0 Å². The van der Waals surface area contributed by atoms with E-state index in [1.807, 2.05) is 36.7 Å². The summed E-state index contributed by atoms with van der Waals surface area (Å²) in [5.74, 6) is 1.21. The van der Waals surface area contributed by atoms with Crippen LogP contribution in [0.2, 0.25) is 0 Å². The summed E-state index contributed by atoms with van der Waals surface area (Å²) >= 11 is 0. The number of fused-ring (bicyclic) bond motifs is 9. The van der Waals surface area contributed by atoms with Crippen LogP contribution in [0.3, 0.4) is 0 Å². The summed E-state index contributed by atoms with van der Waals surface area (Å²) in [6.45, 7) is 8.79. The van der Waals surface area contributed by atoms with Crippen LogP contribution in [0.1, 0.15) is 59.2 Å². The van der Waals surface area contributed by atoms with E-state index in [1.165, 1.54) is 43.6 Å². The molecule has 1 aliphatic carbocycles.